The van der Waals surface area contributed by atoms with Gasteiger partial charge in [-0.25, -0.2) is 4.39 Å². The summed E-state index contributed by atoms with van der Waals surface area (Å²) in [6, 6.07) is 10.1. The van der Waals surface area contributed by atoms with Gasteiger partial charge in [0.2, 0.25) is 11.8 Å². The highest BCUT2D eigenvalue weighted by Crippen LogP contribution is 2.13. The molecule has 1 aliphatic heterocycles. The zero-order valence-electron chi connectivity index (χ0n) is 14.0. The molecular formula is C19H21FN2O2S. The zero-order chi connectivity index (χ0) is 17.6. The Kier molecular flexibility index (Phi) is 5.81. The average Bonchev–Trinajstić information content (AvgIpc) is 2.95. The molecule has 0 saturated carbocycles. The first-order valence-corrected chi connectivity index (χ1v) is 9.32. The van der Waals surface area contributed by atoms with Crippen molar-refractivity contribution < 1.29 is 14.0 Å². The highest BCUT2D eigenvalue weighted by atomic mass is 32.1. The standard InChI is InChI=1S/C19H21FN2O2S/c20-16-5-1-4-15(12-16)13-18(23)21-7-3-8-22(10-9-21)19(24)14-17-6-2-11-25-17/h1-2,4-6,11-12H,3,7-10,13-14H2. The predicted molar refractivity (Wildman–Crippen MR) is 95.9 cm³/mol. The minimum absolute atomic E-state index is 0.0156. The van der Waals surface area contributed by atoms with Crippen LogP contribution in [0.1, 0.15) is 16.9 Å². The molecule has 1 fully saturated rings. The summed E-state index contributed by atoms with van der Waals surface area (Å²) in [5.74, 6) is -0.230. The lowest BCUT2D eigenvalue weighted by atomic mass is 10.1. The van der Waals surface area contributed by atoms with E-state index in [1.807, 2.05) is 22.4 Å². The predicted octanol–water partition coefficient (Wildman–Crippen LogP) is 2.73. The molecule has 2 amide bonds. The lowest BCUT2D eigenvalue weighted by Crippen LogP contribution is -2.38. The molecule has 0 spiro atoms. The largest absolute Gasteiger partial charge is 0.341 e. The Labute approximate surface area is 150 Å². The summed E-state index contributed by atoms with van der Waals surface area (Å²) >= 11 is 1.59. The van der Waals surface area contributed by atoms with E-state index in [-0.39, 0.29) is 24.1 Å². The van der Waals surface area contributed by atoms with Gasteiger partial charge in [-0.05, 0) is 35.6 Å². The molecule has 132 valence electrons. The fourth-order valence-electron chi connectivity index (χ4n) is 3.02. The molecule has 1 aromatic carbocycles. The van der Waals surface area contributed by atoms with Gasteiger partial charge in [-0.2, -0.15) is 0 Å². The van der Waals surface area contributed by atoms with Crippen molar-refractivity contribution in [1.82, 2.24) is 9.80 Å². The van der Waals surface area contributed by atoms with Crippen LogP contribution in [0.4, 0.5) is 4.39 Å². The van der Waals surface area contributed by atoms with Gasteiger partial charge < -0.3 is 9.80 Å². The number of carbonyl (C=O) groups is 2. The van der Waals surface area contributed by atoms with E-state index in [4.69, 9.17) is 0 Å². The van der Waals surface area contributed by atoms with Crippen LogP contribution in [0, 0.1) is 5.82 Å². The third-order valence-electron chi connectivity index (χ3n) is 4.35. The van der Waals surface area contributed by atoms with Crippen LogP contribution in [0.2, 0.25) is 0 Å². The van der Waals surface area contributed by atoms with Gasteiger partial charge in [-0.3, -0.25) is 9.59 Å². The second-order valence-corrected chi connectivity index (χ2v) is 7.21. The molecule has 0 atom stereocenters. The molecule has 2 heterocycles. The molecule has 0 radical (unpaired) electrons. The van der Waals surface area contributed by atoms with Gasteiger partial charge in [-0.15, -0.1) is 11.3 Å². The van der Waals surface area contributed by atoms with Crippen molar-refractivity contribution in [2.45, 2.75) is 19.3 Å². The number of hydrogen-bond acceptors (Lipinski definition) is 3. The van der Waals surface area contributed by atoms with E-state index in [1.165, 1.54) is 12.1 Å². The van der Waals surface area contributed by atoms with Gasteiger partial charge >= 0.3 is 0 Å². The van der Waals surface area contributed by atoms with Crippen LogP contribution in [0.15, 0.2) is 41.8 Å². The molecule has 0 aliphatic carbocycles. The molecule has 0 N–H and O–H groups in total. The number of hydrogen-bond donors (Lipinski definition) is 0. The van der Waals surface area contributed by atoms with Crippen LogP contribution in [0.25, 0.3) is 0 Å². The molecule has 0 unspecified atom stereocenters. The SMILES string of the molecule is O=C(Cc1cccc(F)c1)N1CCCN(C(=O)Cc2cccs2)CC1. The summed E-state index contributed by atoms with van der Waals surface area (Å²) in [5, 5.41) is 1.97. The van der Waals surface area contributed by atoms with E-state index in [9.17, 15) is 14.0 Å². The van der Waals surface area contributed by atoms with Crippen LogP contribution in [-0.4, -0.2) is 47.8 Å². The minimum Gasteiger partial charge on any atom is -0.341 e. The van der Waals surface area contributed by atoms with Gasteiger partial charge in [-0.1, -0.05) is 18.2 Å². The van der Waals surface area contributed by atoms with E-state index >= 15 is 0 Å². The highest BCUT2D eigenvalue weighted by Gasteiger charge is 2.22. The number of halogens is 1. The van der Waals surface area contributed by atoms with E-state index in [0.717, 1.165) is 11.3 Å². The number of amides is 2. The number of thiophene rings is 1. The van der Waals surface area contributed by atoms with Crippen molar-refractivity contribution in [3.8, 4) is 0 Å². The van der Waals surface area contributed by atoms with E-state index in [0.29, 0.717) is 38.2 Å². The Morgan fingerprint density at radius 1 is 0.960 bits per heavy atom. The smallest absolute Gasteiger partial charge is 0.227 e. The summed E-state index contributed by atoms with van der Waals surface area (Å²) in [4.78, 5) is 29.6. The summed E-state index contributed by atoms with van der Waals surface area (Å²) in [6.45, 7) is 2.40. The number of benzene rings is 1. The van der Waals surface area contributed by atoms with Gasteiger partial charge in [0.15, 0.2) is 0 Å². The molecule has 2 aromatic rings. The van der Waals surface area contributed by atoms with Crippen molar-refractivity contribution in [2.24, 2.45) is 0 Å². The second-order valence-electron chi connectivity index (χ2n) is 6.18. The maximum atomic E-state index is 13.3. The van der Waals surface area contributed by atoms with Crippen molar-refractivity contribution in [2.75, 3.05) is 26.2 Å². The zero-order valence-corrected chi connectivity index (χ0v) is 14.8. The molecule has 25 heavy (non-hydrogen) atoms. The number of nitrogens with zero attached hydrogens (tertiary/aromatic N) is 2. The minimum atomic E-state index is -0.327. The van der Waals surface area contributed by atoms with Gasteiger partial charge in [0.25, 0.3) is 0 Å². The topological polar surface area (TPSA) is 40.6 Å². The molecule has 1 saturated heterocycles. The van der Waals surface area contributed by atoms with Gasteiger partial charge in [0, 0.05) is 31.1 Å². The van der Waals surface area contributed by atoms with Crippen molar-refractivity contribution in [1.29, 1.82) is 0 Å². The molecular weight excluding hydrogens is 339 g/mol. The van der Waals surface area contributed by atoms with E-state index < -0.39 is 0 Å². The molecule has 6 heteroatoms. The fraction of sp³-hybridized carbons (Fsp3) is 0.368. The first-order valence-electron chi connectivity index (χ1n) is 8.44. The lowest BCUT2D eigenvalue weighted by molar-refractivity contribution is -0.132. The average molecular weight is 360 g/mol. The van der Waals surface area contributed by atoms with Crippen LogP contribution in [-0.2, 0) is 22.4 Å². The normalized spacial score (nSPS) is 15.1. The highest BCUT2D eigenvalue weighted by molar-refractivity contribution is 7.10. The van der Waals surface area contributed by atoms with Crippen molar-refractivity contribution >= 4 is 23.2 Å². The monoisotopic (exact) mass is 360 g/mol. The van der Waals surface area contributed by atoms with E-state index in [1.54, 1.807) is 28.4 Å². The van der Waals surface area contributed by atoms with Crippen LogP contribution in [0.5, 0.6) is 0 Å². The lowest BCUT2D eigenvalue weighted by Gasteiger charge is -2.22. The molecule has 4 nitrogen and oxygen atoms in total. The maximum Gasteiger partial charge on any atom is 0.227 e. The van der Waals surface area contributed by atoms with Crippen molar-refractivity contribution in [3.63, 3.8) is 0 Å². The van der Waals surface area contributed by atoms with Gasteiger partial charge in [0.05, 0.1) is 12.8 Å². The summed E-state index contributed by atoms with van der Waals surface area (Å²) < 4.78 is 13.3. The quantitative estimate of drug-likeness (QED) is 0.841. The first kappa shape index (κ1) is 17.6. The summed E-state index contributed by atoms with van der Waals surface area (Å²) in [6.07, 6.45) is 1.39. The van der Waals surface area contributed by atoms with Crippen LogP contribution in [0.3, 0.4) is 0 Å². The third kappa shape index (κ3) is 4.89. The van der Waals surface area contributed by atoms with Crippen LogP contribution < -0.4 is 0 Å². The van der Waals surface area contributed by atoms with Gasteiger partial charge in [0.1, 0.15) is 5.82 Å². The Balaban J connectivity index is 1.54. The number of rotatable bonds is 4. The molecule has 3 rings (SSSR count). The summed E-state index contributed by atoms with van der Waals surface area (Å²) in [7, 11) is 0. The molecule has 1 aromatic heterocycles. The maximum absolute atomic E-state index is 13.3. The van der Waals surface area contributed by atoms with Crippen molar-refractivity contribution in [3.05, 3.63) is 58.0 Å². The molecule has 1 aliphatic rings. The third-order valence-corrected chi connectivity index (χ3v) is 5.23. The Morgan fingerprint density at radius 2 is 1.68 bits per heavy atom. The fourth-order valence-corrected chi connectivity index (χ4v) is 3.72. The summed E-state index contributed by atoms with van der Waals surface area (Å²) in [5.41, 5.74) is 0.680. The number of carbonyl (C=O) groups excluding carboxylic acids is 2. The second kappa shape index (κ2) is 8.25. The Morgan fingerprint density at radius 3 is 2.32 bits per heavy atom. The Hall–Kier alpha value is -2.21. The first-order chi connectivity index (χ1) is 12.1. The molecule has 0 bridgehead atoms. The van der Waals surface area contributed by atoms with E-state index in [2.05, 4.69) is 0 Å². The van der Waals surface area contributed by atoms with Crippen LogP contribution >= 0.6 is 11.3 Å². The Bertz CT molecular complexity index is 733.